The summed E-state index contributed by atoms with van der Waals surface area (Å²) in [5, 5.41) is 1.22. The van der Waals surface area contributed by atoms with Crippen LogP contribution >= 0.6 is 0 Å². The molecule has 0 N–H and O–H groups in total. The minimum atomic E-state index is -0.833. The number of imidazole rings is 1. The largest absolute Gasteiger partial charge is 0.326 e. The van der Waals surface area contributed by atoms with Crippen LogP contribution in [0.15, 0.2) is 158 Å². The number of rotatable bonds is 11. The van der Waals surface area contributed by atoms with Crippen molar-refractivity contribution >= 4 is 22.6 Å². The van der Waals surface area contributed by atoms with E-state index in [1.54, 1.807) is 0 Å². The molecule has 0 unspecified atom stereocenters. The van der Waals surface area contributed by atoms with Gasteiger partial charge in [0.05, 0.1) is 21.0 Å². The molecule has 0 aliphatic carbocycles. The molecule has 0 aliphatic heterocycles. The van der Waals surface area contributed by atoms with Gasteiger partial charge in [0, 0.05) is 12.4 Å². The topological polar surface area (TPSA) is 17.8 Å². The van der Waals surface area contributed by atoms with Gasteiger partial charge in [0.15, 0.2) is 0 Å². The van der Waals surface area contributed by atoms with Crippen LogP contribution in [-0.4, -0.2) is 26.9 Å². The lowest BCUT2D eigenvalue weighted by Crippen LogP contribution is -2.46. The first-order chi connectivity index (χ1) is 22.8. The SMILES string of the molecule is BC(c1ccccc1)c1ccccc1.CC(C)Cc1cccc(C([SiH2]c2ccccc2)(c2cccc(CC(C)C)c2)n2ccnc2)c1. The van der Waals surface area contributed by atoms with Gasteiger partial charge in [-0.05, 0) is 63.9 Å². The number of benzene rings is 5. The van der Waals surface area contributed by atoms with Crippen LogP contribution in [0.4, 0.5) is 0 Å². The van der Waals surface area contributed by atoms with Crippen LogP contribution in [0.3, 0.4) is 0 Å². The molecule has 1 heterocycles. The molecule has 4 heteroatoms. The Balaban J connectivity index is 0.000000257. The lowest BCUT2D eigenvalue weighted by atomic mass is 9.76. The van der Waals surface area contributed by atoms with E-state index in [4.69, 9.17) is 0 Å². The Morgan fingerprint density at radius 2 is 1.09 bits per heavy atom. The second-order valence-corrected chi connectivity index (χ2v) is 15.8. The van der Waals surface area contributed by atoms with Gasteiger partial charge >= 0.3 is 0 Å². The smallest absolute Gasteiger partial charge is 0.116 e. The van der Waals surface area contributed by atoms with E-state index in [1.807, 2.05) is 12.5 Å². The summed E-state index contributed by atoms with van der Waals surface area (Å²) in [6, 6.07) is 50.9. The van der Waals surface area contributed by atoms with Crippen molar-refractivity contribution in [1.82, 2.24) is 9.55 Å². The van der Waals surface area contributed by atoms with Gasteiger partial charge in [-0.1, -0.05) is 172 Å². The van der Waals surface area contributed by atoms with Crippen molar-refractivity contribution in [3.63, 3.8) is 0 Å². The van der Waals surface area contributed by atoms with Gasteiger partial charge in [-0.2, -0.15) is 0 Å². The average Bonchev–Trinajstić information content (AvgIpc) is 3.64. The molecule has 0 bridgehead atoms. The molecular weight excluding hydrogens is 583 g/mol. The molecule has 0 fully saturated rings. The number of hydrogen-bond acceptors (Lipinski definition) is 1. The minimum Gasteiger partial charge on any atom is -0.326 e. The molecule has 0 atom stereocenters. The summed E-state index contributed by atoms with van der Waals surface area (Å²) in [5.74, 6) is 1.74. The van der Waals surface area contributed by atoms with E-state index < -0.39 is 9.52 Å². The van der Waals surface area contributed by atoms with Gasteiger partial charge in [-0.25, -0.2) is 4.98 Å². The molecule has 0 radical (unpaired) electrons. The van der Waals surface area contributed by atoms with Gasteiger partial charge in [0.25, 0.3) is 0 Å². The highest BCUT2D eigenvalue weighted by atomic mass is 28.2. The predicted octanol–water partition coefficient (Wildman–Crippen LogP) is 7.93. The fourth-order valence-corrected chi connectivity index (χ4v) is 8.98. The molecule has 238 valence electrons. The standard InChI is InChI=1S/C30H36N2Si.C13H13B/c1-23(2)18-25-10-8-12-27(20-25)30(32-17-16-31-22-32,33-29-14-6-5-7-15-29)28-13-9-11-26(21-28)19-24(3)4;14-13(11-7-3-1-4-8-11)12-9-5-2-6-10-12/h5-17,20-24H,18-19,33H2,1-4H3;1-10,13H,14H2. The fraction of sp³-hybridized carbons (Fsp3) is 0.233. The Kier molecular flexibility index (Phi) is 11.9. The van der Waals surface area contributed by atoms with Crippen LogP contribution in [-0.2, 0) is 18.0 Å². The molecule has 5 aromatic carbocycles. The van der Waals surface area contributed by atoms with Crippen LogP contribution < -0.4 is 5.19 Å². The number of aromatic nitrogens is 2. The minimum absolute atomic E-state index is 0.238. The van der Waals surface area contributed by atoms with Crippen LogP contribution in [0.25, 0.3) is 0 Å². The molecule has 0 amide bonds. The zero-order valence-electron chi connectivity index (χ0n) is 28.8. The van der Waals surface area contributed by atoms with E-state index in [2.05, 4.69) is 191 Å². The summed E-state index contributed by atoms with van der Waals surface area (Å²) in [5.41, 5.74) is 8.31. The Morgan fingerprint density at radius 3 is 1.51 bits per heavy atom. The van der Waals surface area contributed by atoms with Gasteiger partial charge in [0.1, 0.15) is 7.85 Å². The van der Waals surface area contributed by atoms with E-state index in [0.717, 1.165) is 12.8 Å². The van der Waals surface area contributed by atoms with Crippen molar-refractivity contribution in [3.05, 3.63) is 192 Å². The second-order valence-electron chi connectivity index (χ2n) is 13.6. The molecule has 0 saturated carbocycles. The van der Waals surface area contributed by atoms with Crippen molar-refractivity contribution in [2.75, 3.05) is 0 Å². The summed E-state index contributed by atoms with van der Waals surface area (Å²) in [6.07, 6.45) is 8.27. The van der Waals surface area contributed by atoms with Gasteiger partial charge in [0.2, 0.25) is 0 Å². The molecule has 47 heavy (non-hydrogen) atoms. The van der Waals surface area contributed by atoms with Crippen LogP contribution in [0.5, 0.6) is 0 Å². The van der Waals surface area contributed by atoms with Gasteiger partial charge in [-0.15, -0.1) is 0 Å². The van der Waals surface area contributed by atoms with E-state index >= 15 is 0 Å². The zero-order valence-corrected chi connectivity index (χ0v) is 30.2. The second kappa shape index (κ2) is 16.4. The molecule has 2 nitrogen and oxygen atoms in total. The van der Waals surface area contributed by atoms with Crippen molar-refractivity contribution in [3.8, 4) is 0 Å². The van der Waals surface area contributed by atoms with Crippen LogP contribution in [0, 0.1) is 11.8 Å². The number of hydrogen-bond donors (Lipinski definition) is 0. The molecule has 0 spiro atoms. The lowest BCUT2D eigenvalue weighted by Gasteiger charge is -2.37. The molecule has 6 rings (SSSR count). The first-order valence-electron chi connectivity index (χ1n) is 17.2. The third-order valence-corrected chi connectivity index (χ3v) is 11.5. The quantitative estimate of drug-likeness (QED) is 0.133. The maximum atomic E-state index is 4.51. The Morgan fingerprint density at radius 1 is 0.617 bits per heavy atom. The van der Waals surface area contributed by atoms with E-state index in [9.17, 15) is 0 Å². The maximum Gasteiger partial charge on any atom is 0.116 e. The normalized spacial score (nSPS) is 11.7. The van der Waals surface area contributed by atoms with E-state index in [-0.39, 0.29) is 5.16 Å². The third kappa shape index (κ3) is 8.90. The number of nitrogens with zero attached hydrogens (tertiary/aromatic N) is 2. The van der Waals surface area contributed by atoms with Crippen molar-refractivity contribution in [2.45, 2.75) is 51.5 Å². The highest BCUT2D eigenvalue weighted by Crippen LogP contribution is 2.35. The fourth-order valence-electron chi connectivity index (χ4n) is 6.67. The van der Waals surface area contributed by atoms with Gasteiger partial charge < -0.3 is 4.57 Å². The van der Waals surface area contributed by atoms with Crippen LogP contribution in [0.2, 0.25) is 0 Å². The summed E-state index contributed by atoms with van der Waals surface area (Å²) in [7, 11) is 1.41. The average molecular weight is 633 g/mol. The third-order valence-electron chi connectivity index (χ3n) is 8.94. The zero-order chi connectivity index (χ0) is 33.1. The van der Waals surface area contributed by atoms with E-state index in [0.29, 0.717) is 17.7 Å². The predicted molar refractivity (Wildman–Crippen MR) is 206 cm³/mol. The molecule has 0 aliphatic rings. The Bertz CT molecular complexity index is 1670. The maximum absolute atomic E-state index is 4.51. The first-order valence-corrected chi connectivity index (χ1v) is 18.6. The lowest BCUT2D eigenvalue weighted by molar-refractivity contribution is 0.589. The van der Waals surface area contributed by atoms with Crippen molar-refractivity contribution in [2.24, 2.45) is 11.8 Å². The summed E-state index contributed by atoms with van der Waals surface area (Å²) < 4.78 is 2.37. The van der Waals surface area contributed by atoms with Crippen molar-refractivity contribution in [1.29, 1.82) is 0 Å². The summed E-state index contributed by atoms with van der Waals surface area (Å²) in [6.45, 7) is 9.18. The van der Waals surface area contributed by atoms with Crippen molar-refractivity contribution < 1.29 is 0 Å². The summed E-state index contributed by atoms with van der Waals surface area (Å²) >= 11 is 0. The van der Waals surface area contributed by atoms with Crippen LogP contribution in [0.1, 0.15) is 66.9 Å². The van der Waals surface area contributed by atoms with Gasteiger partial charge in [-0.3, -0.25) is 0 Å². The first kappa shape index (κ1) is 33.9. The molecule has 6 aromatic rings. The molecular formula is C43H49BN2Si. The Labute approximate surface area is 286 Å². The molecule has 0 saturated heterocycles. The summed E-state index contributed by atoms with van der Waals surface area (Å²) in [4.78, 5) is 4.51. The monoisotopic (exact) mass is 632 g/mol. The van der Waals surface area contributed by atoms with E-state index in [1.165, 1.54) is 38.6 Å². The highest BCUT2D eigenvalue weighted by molar-refractivity contribution is 6.57. The molecule has 1 aromatic heterocycles. The Hall–Kier alpha value is -4.41. The highest BCUT2D eigenvalue weighted by Gasteiger charge is 2.37.